The second-order valence-corrected chi connectivity index (χ2v) is 4.85. The molecule has 0 aliphatic rings. The molecule has 0 spiro atoms. The second kappa shape index (κ2) is 5.02. The summed E-state index contributed by atoms with van der Waals surface area (Å²) in [7, 11) is 1.50. The van der Waals surface area contributed by atoms with Gasteiger partial charge in [-0.1, -0.05) is 41.9 Å². The lowest BCUT2D eigenvalue weighted by atomic mass is 10.0. The molecular weight excluding hydrogens is 274 g/mol. The van der Waals surface area contributed by atoms with Crippen LogP contribution in [0.25, 0.3) is 22.0 Å². The zero-order chi connectivity index (χ0) is 14.1. The highest BCUT2D eigenvalue weighted by Crippen LogP contribution is 2.33. The van der Waals surface area contributed by atoms with E-state index in [4.69, 9.17) is 16.3 Å². The van der Waals surface area contributed by atoms with Crippen LogP contribution in [0.4, 0.5) is 0 Å². The molecule has 0 fully saturated rings. The molecule has 1 aromatic heterocycles. The largest absolute Gasteiger partial charge is 0.491 e. The molecule has 3 aromatic rings. The van der Waals surface area contributed by atoms with Gasteiger partial charge in [0.15, 0.2) is 5.75 Å². The number of hydrogen-bond acceptors (Lipinski definition) is 2. The Morgan fingerprint density at radius 1 is 1.05 bits per heavy atom. The van der Waals surface area contributed by atoms with Crippen molar-refractivity contribution in [3.05, 3.63) is 63.9 Å². The average Bonchev–Trinajstić information content (AvgIpc) is 2.47. The number of para-hydroxylation sites is 1. The van der Waals surface area contributed by atoms with Gasteiger partial charge < -0.3 is 9.72 Å². The highest BCUT2D eigenvalue weighted by atomic mass is 35.5. The van der Waals surface area contributed by atoms with Gasteiger partial charge in [-0.2, -0.15) is 0 Å². The van der Waals surface area contributed by atoms with Gasteiger partial charge in [-0.05, 0) is 23.8 Å². The number of hydrogen-bond donors (Lipinski definition) is 1. The third-order valence-electron chi connectivity index (χ3n) is 3.21. The molecule has 20 heavy (non-hydrogen) atoms. The fourth-order valence-corrected chi connectivity index (χ4v) is 2.45. The summed E-state index contributed by atoms with van der Waals surface area (Å²) in [6.45, 7) is 0. The van der Waals surface area contributed by atoms with Crippen LogP contribution in [-0.4, -0.2) is 12.1 Å². The summed E-state index contributed by atoms with van der Waals surface area (Å²) in [5.74, 6) is 0.311. The first kappa shape index (κ1) is 12.8. The van der Waals surface area contributed by atoms with Gasteiger partial charge >= 0.3 is 0 Å². The lowest BCUT2D eigenvalue weighted by Crippen LogP contribution is -2.11. The fraction of sp³-hybridized carbons (Fsp3) is 0.0625. The fourth-order valence-electron chi connectivity index (χ4n) is 2.32. The van der Waals surface area contributed by atoms with E-state index in [1.54, 1.807) is 12.1 Å². The number of ether oxygens (including phenoxy) is 1. The Morgan fingerprint density at radius 3 is 2.45 bits per heavy atom. The molecule has 1 N–H and O–H groups in total. The van der Waals surface area contributed by atoms with Crippen molar-refractivity contribution in [2.24, 2.45) is 0 Å². The van der Waals surface area contributed by atoms with Gasteiger partial charge in [-0.25, -0.2) is 0 Å². The van der Waals surface area contributed by atoms with Gasteiger partial charge in [0.1, 0.15) is 0 Å². The summed E-state index contributed by atoms with van der Waals surface area (Å²) in [5.41, 5.74) is 2.22. The van der Waals surface area contributed by atoms with Gasteiger partial charge in [0.05, 0.1) is 7.11 Å². The van der Waals surface area contributed by atoms with Crippen molar-refractivity contribution in [2.75, 3.05) is 7.11 Å². The van der Waals surface area contributed by atoms with Crippen LogP contribution in [0, 0.1) is 0 Å². The predicted molar refractivity (Wildman–Crippen MR) is 81.6 cm³/mol. The van der Waals surface area contributed by atoms with E-state index in [0.29, 0.717) is 10.8 Å². The van der Waals surface area contributed by atoms with Crippen molar-refractivity contribution in [1.29, 1.82) is 0 Å². The van der Waals surface area contributed by atoms with Crippen LogP contribution in [0.1, 0.15) is 0 Å². The molecule has 100 valence electrons. The molecule has 3 nitrogen and oxygen atoms in total. The van der Waals surface area contributed by atoms with E-state index in [2.05, 4.69) is 4.98 Å². The Balaban J connectivity index is 2.42. The summed E-state index contributed by atoms with van der Waals surface area (Å²) in [6, 6.07) is 15.0. The summed E-state index contributed by atoms with van der Waals surface area (Å²) < 4.78 is 5.29. The number of aromatic nitrogens is 1. The first-order valence-electron chi connectivity index (χ1n) is 6.15. The number of halogens is 1. The smallest absolute Gasteiger partial charge is 0.291 e. The first-order chi connectivity index (χ1) is 9.70. The molecule has 0 bridgehead atoms. The van der Waals surface area contributed by atoms with Crippen molar-refractivity contribution in [3.63, 3.8) is 0 Å². The predicted octanol–water partition coefficient (Wildman–Crippen LogP) is 3.86. The number of rotatable bonds is 2. The minimum absolute atomic E-state index is 0.240. The SMILES string of the molecule is COc1c(-c2ccc(Cl)cc2)c2ccccc2[nH]c1=O. The molecule has 0 radical (unpaired) electrons. The van der Waals surface area contributed by atoms with Gasteiger partial charge in [0.2, 0.25) is 0 Å². The monoisotopic (exact) mass is 285 g/mol. The molecule has 0 aliphatic carbocycles. The standard InChI is InChI=1S/C16H12ClNO2/c1-20-15-14(10-6-8-11(17)9-7-10)12-4-2-3-5-13(12)18-16(15)19/h2-9H,1H3,(H,18,19). The zero-order valence-electron chi connectivity index (χ0n) is 10.8. The van der Waals surface area contributed by atoms with Crippen LogP contribution < -0.4 is 10.3 Å². The second-order valence-electron chi connectivity index (χ2n) is 4.41. The van der Waals surface area contributed by atoms with E-state index >= 15 is 0 Å². The summed E-state index contributed by atoms with van der Waals surface area (Å²) in [4.78, 5) is 14.9. The number of fused-ring (bicyclic) bond motifs is 1. The van der Waals surface area contributed by atoms with E-state index in [9.17, 15) is 4.79 Å². The number of aromatic amines is 1. The summed E-state index contributed by atoms with van der Waals surface area (Å²) in [6.07, 6.45) is 0. The zero-order valence-corrected chi connectivity index (χ0v) is 11.6. The van der Waals surface area contributed by atoms with Crippen LogP contribution in [-0.2, 0) is 0 Å². The lowest BCUT2D eigenvalue weighted by Gasteiger charge is -2.11. The number of methoxy groups -OCH3 is 1. The first-order valence-corrected chi connectivity index (χ1v) is 6.53. The number of benzene rings is 2. The maximum atomic E-state index is 12.1. The average molecular weight is 286 g/mol. The van der Waals surface area contributed by atoms with Crippen LogP contribution in [0.2, 0.25) is 5.02 Å². The molecular formula is C16H12ClNO2. The van der Waals surface area contributed by atoms with Gasteiger partial charge in [0.25, 0.3) is 5.56 Å². The Labute approximate surface area is 120 Å². The summed E-state index contributed by atoms with van der Waals surface area (Å²) in [5, 5.41) is 1.59. The number of H-pyrrole nitrogens is 1. The quantitative estimate of drug-likeness (QED) is 0.777. The molecule has 0 aliphatic heterocycles. The topological polar surface area (TPSA) is 42.1 Å². The van der Waals surface area contributed by atoms with Gasteiger partial charge in [0, 0.05) is 21.5 Å². The van der Waals surface area contributed by atoms with Crippen molar-refractivity contribution < 1.29 is 4.74 Å². The van der Waals surface area contributed by atoms with Crippen molar-refractivity contribution in [1.82, 2.24) is 4.98 Å². The normalized spacial score (nSPS) is 10.7. The van der Waals surface area contributed by atoms with Gasteiger partial charge in [-0.15, -0.1) is 0 Å². The molecule has 1 heterocycles. The van der Waals surface area contributed by atoms with E-state index in [1.807, 2.05) is 36.4 Å². The highest BCUT2D eigenvalue weighted by molar-refractivity contribution is 6.30. The van der Waals surface area contributed by atoms with Crippen LogP contribution in [0.15, 0.2) is 53.3 Å². The third kappa shape index (κ3) is 2.06. The molecule has 0 saturated carbocycles. The Kier molecular flexibility index (Phi) is 3.20. The summed E-state index contributed by atoms with van der Waals surface area (Å²) >= 11 is 5.92. The number of nitrogens with one attached hydrogen (secondary N) is 1. The molecule has 0 unspecified atom stereocenters. The minimum atomic E-state index is -0.240. The third-order valence-corrected chi connectivity index (χ3v) is 3.47. The Hall–Kier alpha value is -2.26. The maximum Gasteiger partial charge on any atom is 0.291 e. The van der Waals surface area contributed by atoms with Crippen LogP contribution in [0.3, 0.4) is 0 Å². The van der Waals surface area contributed by atoms with E-state index in [0.717, 1.165) is 22.0 Å². The highest BCUT2D eigenvalue weighted by Gasteiger charge is 2.14. The maximum absolute atomic E-state index is 12.1. The minimum Gasteiger partial charge on any atom is -0.491 e. The van der Waals surface area contributed by atoms with Crippen molar-refractivity contribution in [3.8, 4) is 16.9 Å². The van der Waals surface area contributed by atoms with Crippen LogP contribution in [0.5, 0.6) is 5.75 Å². The molecule has 2 aromatic carbocycles. The van der Waals surface area contributed by atoms with Crippen molar-refractivity contribution in [2.45, 2.75) is 0 Å². The Bertz CT molecular complexity index is 822. The van der Waals surface area contributed by atoms with Crippen molar-refractivity contribution >= 4 is 22.5 Å². The van der Waals surface area contributed by atoms with Gasteiger partial charge in [-0.3, -0.25) is 4.79 Å². The molecule has 0 amide bonds. The molecule has 4 heteroatoms. The lowest BCUT2D eigenvalue weighted by molar-refractivity contribution is 0.411. The van der Waals surface area contributed by atoms with E-state index in [1.165, 1.54) is 7.11 Å². The molecule has 0 atom stereocenters. The van der Waals surface area contributed by atoms with E-state index < -0.39 is 0 Å². The van der Waals surface area contributed by atoms with E-state index in [-0.39, 0.29) is 5.56 Å². The Morgan fingerprint density at radius 2 is 1.75 bits per heavy atom. The van der Waals surface area contributed by atoms with Crippen LogP contribution >= 0.6 is 11.6 Å². The molecule has 0 saturated heterocycles. The number of pyridine rings is 1. The molecule has 3 rings (SSSR count).